The van der Waals surface area contributed by atoms with Gasteiger partial charge in [0.25, 0.3) is 0 Å². The van der Waals surface area contributed by atoms with Gasteiger partial charge in [-0.3, -0.25) is 4.90 Å². The molecule has 1 aromatic carbocycles. The summed E-state index contributed by atoms with van der Waals surface area (Å²) in [4.78, 5) is 2.12. The summed E-state index contributed by atoms with van der Waals surface area (Å²) in [5.41, 5.74) is 1.26. The SMILES string of the molecule is CN(CS)Cc1ccc(Cl)cc1. The Kier molecular flexibility index (Phi) is 3.92. The average molecular weight is 202 g/mol. The van der Waals surface area contributed by atoms with Crippen LogP contribution in [0.25, 0.3) is 0 Å². The summed E-state index contributed by atoms with van der Waals surface area (Å²) in [7, 11) is 2.03. The fourth-order valence-corrected chi connectivity index (χ4v) is 1.18. The van der Waals surface area contributed by atoms with Gasteiger partial charge in [-0.05, 0) is 24.7 Å². The Morgan fingerprint density at radius 3 is 2.42 bits per heavy atom. The Labute approximate surface area is 83.7 Å². The van der Waals surface area contributed by atoms with E-state index in [0.717, 1.165) is 17.4 Å². The van der Waals surface area contributed by atoms with Crippen LogP contribution in [0.5, 0.6) is 0 Å². The Morgan fingerprint density at radius 2 is 1.92 bits per heavy atom. The van der Waals surface area contributed by atoms with E-state index in [-0.39, 0.29) is 0 Å². The number of benzene rings is 1. The quantitative estimate of drug-likeness (QED) is 0.582. The third-order valence-corrected chi connectivity index (χ3v) is 2.34. The lowest BCUT2D eigenvalue weighted by molar-refractivity contribution is 0.387. The van der Waals surface area contributed by atoms with Crippen molar-refractivity contribution >= 4 is 24.2 Å². The molecule has 1 aromatic rings. The monoisotopic (exact) mass is 201 g/mol. The van der Waals surface area contributed by atoms with Crippen LogP contribution >= 0.6 is 24.2 Å². The standard InChI is InChI=1S/C9H12ClNS/c1-11(7-12)6-8-2-4-9(10)5-3-8/h2-5,12H,6-7H2,1H3. The van der Waals surface area contributed by atoms with Crippen molar-refractivity contribution in [1.82, 2.24) is 4.90 Å². The van der Waals surface area contributed by atoms with Gasteiger partial charge < -0.3 is 0 Å². The lowest BCUT2D eigenvalue weighted by Gasteiger charge is -2.12. The molecule has 0 saturated carbocycles. The third-order valence-electron chi connectivity index (χ3n) is 1.61. The lowest BCUT2D eigenvalue weighted by Crippen LogP contribution is -2.15. The highest BCUT2D eigenvalue weighted by atomic mass is 35.5. The highest BCUT2D eigenvalue weighted by Crippen LogP contribution is 2.10. The molecular formula is C9H12ClNS. The van der Waals surface area contributed by atoms with Crippen molar-refractivity contribution in [2.45, 2.75) is 6.54 Å². The van der Waals surface area contributed by atoms with E-state index < -0.39 is 0 Å². The minimum atomic E-state index is 0.766. The van der Waals surface area contributed by atoms with Crippen molar-refractivity contribution < 1.29 is 0 Å². The predicted octanol–water partition coefficient (Wildman–Crippen LogP) is 2.66. The van der Waals surface area contributed by atoms with E-state index in [1.165, 1.54) is 5.56 Å². The normalized spacial score (nSPS) is 10.7. The molecule has 0 amide bonds. The lowest BCUT2D eigenvalue weighted by atomic mass is 10.2. The minimum absolute atomic E-state index is 0.766. The summed E-state index contributed by atoms with van der Waals surface area (Å²) in [5.74, 6) is 0.766. The molecule has 3 heteroatoms. The fraction of sp³-hybridized carbons (Fsp3) is 0.333. The number of thiol groups is 1. The molecule has 1 rings (SSSR count). The summed E-state index contributed by atoms with van der Waals surface area (Å²) in [6.45, 7) is 0.917. The molecule has 0 atom stereocenters. The highest BCUT2D eigenvalue weighted by molar-refractivity contribution is 7.80. The molecule has 0 fully saturated rings. The molecule has 0 unspecified atom stereocenters. The molecule has 0 aliphatic heterocycles. The van der Waals surface area contributed by atoms with Crippen LogP contribution in [0.4, 0.5) is 0 Å². The van der Waals surface area contributed by atoms with Gasteiger partial charge in [0, 0.05) is 17.4 Å². The zero-order valence-corrected chi connectivity index (χ0v) is 8.65. The molecule has 12 heavy (non-hydrogen) atoms. The first-order valence-corrected chi connectivity index (χ1v) is 4.77. The maximum absolute atomic E-state index is 5.75. The molecule has 66 valence electrons. The van der Waals surface area contributed by atoms with E-state index in [9.17, 15) is 0 Å². The van der Waals surface area contributed by atoms with Crippen LogP contribution in [0.2, 0.25) is 5.02 Å². The smallest absolute Gasteiger partial charge is 0.0414 e. The summed E-state index contributed by atoms with van der Waals surface area (Å²) < 4.78 is 0. The Bertz CT molecular complexity index is 235. The van der Waals surface area contributed by atoms with Crippen molar-refractivity contribution in [1.29, 1.82) is 0 Å². The van der Waals surface area contributed by atoms with Crippen LogP contribution in [0.1, 0.15) is 5.56 Å². The molecule has 0 aromatic heterocycles. The van der Waals surface area contributed by atoms with E-state index in [0.29, 0.717) is 0 Å². The van der Waals surface area contributed by atoms with Crippen molar-refractivity contribution in [3.8, 4) is 0 Å². The van der Waals surface area contributed by atoms with Crippen LogP contribution in [0.3, 0.4) is 0 Å². The van der Waals surface area contributed by atoms with Gasteiger partial charge in [0.15, 0.2) is 0 Å². The second kappa shape index (κ2) is 4.75. The van der Waals surface area contributed by atoms with Gasteiger partial charge in [-0.25, -0.2) is 0 Å². The van der Waals surface area contributed by atoms with Gasteiger partial charge in [0.05, 0.1) is 0 Å². The highest BCUT2D eigenvalue weighted by Gasteiger charge is 1.96. The molecule has 0 radical (unpaired) electrons. The van der Waals surface area contributed by atoms with Crippen LogP contribution in [-0.4, -0.2) is 17.8 Å². The largest absolute Gasteiger partial charge is 0.293 e. The first kappa shape index (κ1) is 9.90. The van der Waals surface area contributed by atoms with Gasteiger partial charge >= 0.3 is 0 Å². The topological polar surface area (TPSA) is 3.24 Å². The molecule has 0 saturated heterocycles. The molecule has 0 heterocycles. The minimum Gasteiger partial charge on any atom is -0.293 e. The Morgan fingerprint density at radius 1 is 1.33 bits per heavy atom. The van der Waals surface area contributed by atoms with Gasteiger partial charge in [-0.2, -0.15) is 12.6 Å². The van der Waals surface area contributed by atoms with E-state index in [2.05, 4.69) is 17.5 Å². The maximum Gasteiger partial charge on any atom is 0.0414 e. The maximum atomic E-state index is 5.75. The summed E-state index contributed by atoms with van der Waals surface area (Å²) in [6, 6.07) is 7.87. The second-order valence-electron chi connectivity index (χ2n) is 2.78. The zero-order chi connectivity index (χ0) is 8.97. The van der Waals surface area contributed by atoms with Gasteiger partial charge in [0.2, 0.25) is 0 Å². The third kappa shape index (κ3) is 3.05. The molecular weight excluding hydrogens is 190 g/mol. The molecule has 0 aliphatic carbocycles. The van der Waals surface area contributed by atoms with Crippen LogP contribution in [-0.2, 0) is 6.54 Å². The molecule has 0 bridgehead atoms. The van der Waals surface area contributed by atoms with E-state index in [1.807, 2.05) is 31.3 Å². The summed E-state index contributed by atoms with van der Waals surface area (Å²) >= 11 is 9.92. The molecule has 0 aliphatic rings. The molecule has 1 nitrogen and oxygen atoms in total. The first-order chi connectivity index (χ1) is 5.72. The molecule has 0 N–H and O–H groups in total. The van der Waals surface area contributed by atoms with Crippen molar-refractivity contribution in [2.24, 2.45) is 0 Å². The van der Waals surface area contributed by atoms with Gasteiger partial charge in [-0.15, -0.1) is 0 Å². The van der Waals surface area contributed by atoms with Crippen molar-refractivity contribution in [3.05, 3.63) is 34.9 Å². The first-order valence-electron chi connectivity index (χ1n) is 3.76. The average Bonchev–Trinajstić information content (AvgIpc) is 2.09. The van der Waals surface area contributed by atoms with Crippen LogP contribution < -0.4 is 0 Å². The summed E-state index contributed by atoms with van der Waals surface area (Å²) in [5, 5.41) is 0.785. The number of nitrogens with zero attached hydrogens (tertiary/aromatic N) is 1. The van der Waals surface area contributed by atoms with Gasteiger partial charge in [-0.1, -0.05) is 23.7 Å². The van der Waals surface area contributed by atoms with E-state index in [1.54, 1.807) is 0 Å². The van der Waals surface area contributed by atoms with Crippen molar-refractivity contribution in [3.63, 3.8) is 0 Å². The fourth-order valence-electron chi connectivity index (χ4n) is 0.951. The Hall–Kier alpha value is -0.180. The number of halogens is 1. The van der Waals surface area contributed by atoms with E-state index >= 15 is 0 Å². The van der Waals surface area contributed by atoms with Gasteiger partial charge in [0.1, 0.15) is 0 Å². The van der Waals surface area contributed by atoms with E-state index in [4.69, 9.17) is 11.6 Å². The predicted molar refractivity (Wildman–Crippen MR) is 56.8 cm³/mol. The van der Waals surface area contributed by atoms with Crippen LogP contribution in [0, 0.1) is 0 Å². The number of hydrogen-bond acceptors (Lipinski definition) is 2. The molecule has 0 spiro atoms. The number of hydrogen-bond donors (Lipinski definition) is 1. The van der Waals surface area contributed by atoms with Crippen LogP contribution in [0.15, 0.2) is 24.3 Å². The second-order valence-corrected chi connectivity index (χ2v) is 3.50. The summed E-state index contributed by atoms with van der Waals surface area (Å²) in [6.07, 6.45) is 0. The zero-order valence-electron chi connectivity index (χ0n) is 7.00. The number of rotatable bonds is 3. The van der Waals surface area contributed by atoms with Crippen molar-refractivity contribution in [2.75, 3.05) is 12.9 Å². The Balaban J connectivity index is 2.58.